The van der Waals surface area contributed by atoms with E-state index >= 15 is 0 Å². The van der Waals surface area contributed by atoms with Crippen molar-refractivity contribution in [2.45, 2.75) is 13.3 Å². The summed E-state index contributed by atoms with van der Waals surface area (Å²) in [5, 5.41) is 2.90. The van der Waals surface area contributed by atoms with Crippen molar-refractivity contribution < 1.29 is 4.74 Å². The first-order valence-electron chi connectivity index (χ1n) is 5.95. The van der Waals surface area contributed by atoms with E-state index in [0.29, 0.717) is 5.95 Å². The molecule has 1 aromatic carbocycles. The van der Waals surface area contributed by atoms with Crippen LogP contribution in [0.25, 0.3) is 11.1 Å². The molecule has 0 saturated carbocycles. The molecule has 0 radical (unpaired) electrons. The van der Waals surface area contributed by atoms with Crippen LogP contribution in [0.3, 0.4) is 0 Å². The van der Waals surface area contributed by atoms with Crippen LogP contribution < -0.4 is 10.1 Å². The highest BCUT2D eigenvalue weighted by Crippen LogP contribution is 2.26. The average Bonchev–Trinajstić information content (AvgIpc) is 2.46. The molecule has 18 heavy (non-hydrogen) atoms. The molecule has 0 saturated heterocycles. The predicted octanol–water partition coefficient (Wildman–Crippen LogP) is 2.76. The van der Waals surface area contributed by atoms with Crippen LogP contribution in [-0.2, 0) is 6.42 Å². The fourth-order valence-electron chi connectivity index (χ4n) is 1.84. The van der Waals surface area contributed by atoms with Gasteiger partial charge in [0.2, 0.25) is 5.95 Å². The average molecular weight is 243 g/mol. The molecule has 0 fully saturated rings. The van der Waals surface area contributed by atoms with Gasteiger partial charge in [0.25, 0.3) is 0 Å². The summed E-state index contributed by atoms with van der Waals surface area (Å²) in [4.78, 5) is 8.44. The van der Waals surface area contributed by atoms with Crippen molar-refractivity contribution in [2.75, 3.05) is 19.5 Å². The molecular weight excluding hydrogens is 226 g/mol. The fourth-order valence-corrected chi connectivity index (χ4v) is 1.84. The van der Waals surface area contributed by atoms with Crippen molar-refractivity contribution in [3.8, 4) is 16.9 Å². The van der Waals surface area contributed by atoms with E-state index in [1.165, 1.54) is 5.56 Å². The summed E-state index contributed by atoms with van der Waals surface area (Å²) >= 11 is 0. The number of benzene rings is 1. The van der Waals surface area contributed by atoms with Gasteiger partial charge in [-0.15, -0.1) is 0 Å². The van der Waals surface area contributed by atoms with Crippen LogP contribution >= 0.6 is 0 Å². The zero-order valence-corrected chi connectivity index (χ0v) is 10.9. The zero-order valence-electron chi connectivity index (χ0n) is 10.9. The lowest BCUT2D eigenvalue weighted by Crippen LogP contribution is -1.96. The van der Waals surface area contributed by atoms with E-state index in [-0.39, 0.29) is 0 Å². The second kappa shape index (κ2) is 5.49. The third-order valence-electron chi connectivity index (χ3n) is 2.87. The van der Waals surface area contributed by atoms with E-state index in [1.54, 1.807) is 14.2 Å². The van der Waals surface area contributed by atoms with Crippen LogP contribution in [0, 0.1) is 0 Å². The molecule has 0 bridgehead atoms. The molecule has 0 aliphatic carbocycles. The van der Waals surface area contributed by atoms with E-state index in [1.807, 2.05) is 24.5 Å². The highest BCUT2D eigenvalue weighted by atomic mass is 16.5. The Kier molecular flexibility index (Phi) is 3.77. The minimum Gasteiger partial charge on any atom is -0.496 e. The van der Waals surface area contributed by atoms with Crippen LogP contribution in [0.4, 0.5) is 5.95 Å². The molecule has 2 aromatic rings. The molecule has 0 aliphatic heterocycles. The van der Waals surface area contributed by atoms with Gasteiger partial charge in [0.05, 0.1) is 7.11 Å². The lowest BCUT2D eigenvalue weighted by molar-refractivity contribution is 0.410. The normalized spacial score (nSPS) is 10.2. The first-order chi connectivity index (χ1) is 8.78. The van der Waals surface area contributed by atoms with Crippen LogP contribution in [-0.4, -0.2) is 24.1 Å². The Bertz CT molecular complexity index is 523. The quantitative estimate of drug-likeness (QED) is 0.897. The smallest absolute Gasteiger partial charge is 0.222 e. The summed E-state index contributed by atoms with van der Waals surface area (Å²) < 4.78 is 5.32. The molecule has 0 spiro atoms. The fraction of sp³-hybridized carbons (Fsp3) is 0.286. The summed E-state index contributed by atoms with van der Waals surface area (Å²) in [5.74, 6) is 1.55. The van der Waals surface area contributed by atoms with Gasteiger partial charge in [-0.1, -0.05) is 13.0 Å². The number of methoxy groups -OCH3 is 1. The van der Waals surface area contributed by atoms with E-state index < -0.39 is 0 Å². The second-order valence-corrected chi connectivity index (χ2v) is 3.93. The van der Waals surface area contributed by atoms with Crippen LogP contribution in [0.5, 0.6) is 5.75 Å². The first-order valence-corrected chi connectivity index (χ1v) is 5.95. The highest BCUT2D eigenvalue weighted by Gasteiger charge is 2.05. The lowest BCUT2D eigenvalue weighted by Gasteiger charge is -2.09. The molecule has 0 unspecified atom stereocenters. The molecular formula is C14H17N3O. The molecule has 0 aliphatic rings. The Hall–Kier alpha value is -2.10. The maximum absolute atomic E-state index is 5.32. The largest absolute Gasteiger partial charge is 0.496 e. The number of ether oxygens (including phenoxy) is 1. The third-order valence-corrected chi connectivity index (χ3v) is 2.87. The van der Waals surface area contributed by atoms with Gasteiger partial charge in [-0.3, -0.25) is 0 Å². The van der Waals surface area contributed by atoms with E-state index in [0.717, 1.165) is 23.3 Å². The molecule has 1 N–H and O–H groups in total. The number of anilines is 1. The summed E-state index contributed by atoms with van der Waals surface area (Å²) in [7, 11) is 3.50. The Labute approximate surface area is 107 Å². The van der Waals surface area contributed by atoms with E-state index in [2.05, 4.69) is 28.3 Å². The summed E-state index contributed by atoms with van der Waals surface area (Å²) in [5.41, 5.74) is 3.30. The molecule has 0 amide bonds. The Morgan fingerprint density at radius 3 is 2.44 bits per heavy atom. The van der Waals surface area contributed by atoms with Crippen molar-refractivity contribution in [3.05, 3.63) is 36.2 Å². The highest BCUT2D eigenvalue weighted by molar-refractivity contribution is 5.64. The monoisotopic (exact) mass is 243 g/mol. The number of rotatable bonds is 4. The van der Waals surface area contributed by atoms with Gasteiger partial charge < -0.3 is 10.1 Å². The molecule has 1 aromatic heterocycles. The van der Waals surface area contributed by atoms with Crippen molar-refractivity contribution in [1.29, 1.82) is 0 Å². The van der Waals surface area contributed by atoms with Gasteiger partial charge in [-0.25, -0.2) is 9.97 Å². The van der Waals surface area contributed by atoms with Gasteiger partial charge in [-0.2, -0.15) is 0 Å². The Morgan fingerprint density at radius 2 is 1.89 bits per heavy atom. The Balaban J connectivity index is 2.37. The van der Waals surface area contributed by atoms with Gasteiger partial charge in [0.15, 0.2) is 0 Å². The molecule has 94 valence electrons. The van der Waals surface area contributed by atoms with Crippen molar-refractivity contribution in [3.63, 3.8) is 0 Å². The molecule has 1 heterocycles. The lowest BCUT2D eigenvalue weighted by atomic mass is 10.0. The van der Waals surface area contributed by atoms with Crippen LogP contribution in [0.2, 0.25) is 0 Å². The number of hydrogen-bond acceptors (Lipinski definition) is 4. The molecule has 4 heteroatoms. The Morgan fingerprint density at radius 1 is 1.17 bits per heavy atom. The summed E-state index contributed by atoms with van der Waals surface area (Å²) in [6, 6.07) is 6.13. The summed E-state index contributed by atoms with van der Waals surface area (Å²) in [6.45, 7) is 2.11. The van der Waals surface area contributed by atoms with Crippen LogP contribution in [0.15, 0.2) is 30.6 Å². The van der Waals surface area contributed by atoms with Crippen molar-refractivity contribution in [1.82, 2.24) is 9.97 Å². The molecule has 4 nitrogen and oxygen atoms in total. The minimum atomic E-state index is 0.628. The summed E-state index contributed by atoms with van der Waals surface area (Å²) in [6.07, 6.45) is 4.58. The van der Waals surface area contributed by atoms with Gasteiger partial charge in [0.1, 0.15) is 5.75 Å². The minimum absolute atomic E-state index is 0.628. The zero-order chi connectivity index (χ0) is 13.0. The number of nitrogens with one attached hydrogen (secondary N) is 1. The third kappa shape index (κ3) is 2.42. The molecule has 0 atom stereocenters. The maximum atomic E-state index is 5.32. The SMILES string of the molecule is CCc1cc(-c2cnc(NC)nc2)ccc1OC. The van der Waals surface area contributed by atoms with Gasteiger partial charge >= 0.3 is 0 Å². The van der Waals surface area contributed by atoms with E-state index in [4.69, 9.17) is 4.74 Å². The number of hydrogen-bond donors (Lipinski definition) is 1. The van der Waals surface area contributed by atoms with Gasteiger partial charge in [-0.05, 0) is 29.7 Å². The van der Waals surface area contributed by atoms with Crippen molar-refractivity contribution in [2.24, 2.45) is 0 Å². The standard InChI is InChI=1S/C14H17N3O/c1-4-10-7-11(5-6-13(10)18-3)12-8-16-14(15-2)17-9-12/h5-9H,4H2,1-3H3,(H,15,16,17). The topological polar surface area (TPSA) is 47.0 Å². The van der Waals surface area contributed by atoms with Gasteiger partial charge in [0, 0.05) is 25.0 Å². The van der Waals surface area contributed by atoms with Crippen LogP contribution in [0.1, 0.15) is 12.5 Å². The maximum Gasteiger partial charge on any atom is 0.222 e. The predicted molar refractivity (Wildman–Crippen MR) is 72.9 cm³/mol. The second-order valence-electron chi connectivity index (χ2n) is 3.93. The number of aryl methyl sites for hydroxylation is 1. The number of nitrogens with zero attached hydrogens (tertiary/aromatic N) is 2. The first kappa shape index (κ1) is 12.4. The van der Waals surface area contributed by atoms with Crippen molar-refractivity contribution >= 4 is 5.95 Å². The number of aromatic nitrogens is 2. The van der Waals surface area contributed by atoms with E-state index in [9.17, 15) is 0 Å². The molecule has 2 rings (SSSR count).